The van der Waals surface area contributed by atoms with Crippen LogP contribution < -0.4 is 14.9 Å². The predicted octanol–water partition coefficient (Wildman–Crippen LogP) is 4.95. The number of unbranched alkanes of at least 4 members (excludes halogenated alkanes) is 6. The lowest BCUT2D eigenvalue weighted by Crippen LogP contribution is -2.30. The van der Waals surface area contributed by atoms with Crippen LogP contribution >= 0.6 is 11.3 Å². The number of aromatic amines is 1. The normalized spacial score (nSPS) is 15.1. The van der Waals surface area contributed by atoms with Crippen molar-refractivity contribution in [3.05, 3.63) is 27.4 Å². The van der Waals surface area contributed by atoms with Crippen molar-refractivity contribution in [1.29, 1.82) is 0 Å². The third-order valence-electron chi connectivity index (χ3n) is 6.19. The molecule has 2 N–H and O–H groups in total. The molecule has 1 aromatic carbocycles. The maximum Gasteiger partial charge on any atom is 0.305 e. The van der Waals surface area contributed by atoms with Crippen LogP contribution in [0.4, 0.5) is 0 Å². The van der Waals surface area contributed by atoms with Gasteiger partial charge in [0.15, 0.2) is 0 Å². The number of nitrogens with one attached hydrogen (secondary N) is 2. The van der Waals surface area contributed by atoms with E-state index in [1.807, 2.05) is 6.07 Å². The molecule has 2 heterocycles. The third kappa shape index (κ3) is 7.40. The number of rotatable bonds is 14. The van der Waals surface area contributed by atoms with Crippen LogP contribution in [-0.2, 0) is 6.42 Å². The maximum atomic E-state index is 11.7. The van der Waals surface area contributed by atoms with Crippen molar-refractivity contribution in [2.24, 2.45) is 0 Å². The average Bonchev–Trinajstić information content (AvgIpc) is 3.17. The highest BCUT2D eigenvalue weighted by Gasteiger charge is 2.10. The van der Waals surface area contributed by atoms with Gasteiger partial charge in [-0.2, -0.15) is 0 Å². The Labute approximate surface area is 185 Å². The lowest BCUT2D eigenvalue weighted by Gasteiger charge is -2.26. The monoisotopic (exact) mass is 433 g/mol. The van der Waals surface area contributed by atoms with Gasteiger partial charge in [-0.1, -0.05) is 55.9 Å². The first kappa shape index (κ1) is 23.3. The molecule has 168 valence electrons. The summed E-state index contributed by atoms with van der Waals surface area (Å²) < 4.78 is 6.38. The number of fused-ring (bicyclic) bond motifs is 1. The van der Waals surface area contributed by atoms with E-state index in [4.69, 9.17) is 4.74 Å². The molecule has 0 spiro atoms. The number of aromatic nitrogens is 1. The van der Waals surface area contributed by atoms with Gasteiger partial charge in [-0.05, 0) is 76.5 Å². The summed E-state index contributed by atoms with van der Waals surface area (Å²) in [6.07, 6.45) is 14.7. The Hall–Kier alpha value is -1.37. The van der Waals surface area contributed by atoms with Crippen molar-refractivity contribution in [2.75, 3.05) is 39.8 Å². The lowest BCUT2D eigenvalue weighted by atomic mass is 10.1. The molecule has 1 aliphatic heterocycles. The fourth-order valence-corrected chi connectivity index (χ4v) is 5.32. The number of methoxy groups -OCH3 is 1. The Morgan fingerprint density at radius 3 is 2.50 bits per heavy atom. The van der Waals surface area contributed by atoms with E-state index in [-0.39, 0.29) is 4.87 Å². The SMILES string of the molecule is COc1ccc(CCNCCCCCCCCCN2CCCCC2)c2sc(=O)[nH]c12. The molecule has 0 saturated carbocycles. The number of hydrogen-bond donors (Lipinski definition) is 2. The fourth-order valence-electron chi connectivity index (χ4n) is 4.43. The Balaban J connectivity index is 1.19. The van der Waals surface area contributed by atoms with E-state index >= 15 is 0 Å². The van der Waals surface area contributed by atoms with Gasteiger partial charge < -0.3 is 19.9 Å². The smallest absolute Gasteiger partial charge is 0.305 e. The summed E-state index contributed by atoms with van der Waals surface area (Å²) in [4.78, 5) is 17.3. The van der Waals surface area contributed by atoms with Gasteiger partial charge in [-0.15, -0.1) is 0 Å². The molecule has 0 bridgehead atoms. The quantitative estimate of drug-likeness (QED) is 0.414. The lowest BCUT2D eigenvalue weighted by molar-refractivity contribution is 0.224. The van der Waals surface area contributed by atoms with E-state index in [1.165, 1.54) is 101 Å². The summed E-state index contributed by atoms with van der Waals surface area (Å²) in [6, 6.07) is 4.03. The zero-order valence-corrected chi connectivity index (χ0v) is 19.5. The third-order valence-corrected chi connectivity index (χ3v) is 7.15. The summed E-state index contributed by atoms with van der Waals surface area (Å²) >= 11 is 1.28. The number of ether oxygens (including phenoxy) is 1. The van der Waals surface area contributed by atoms with Gasteiger partial charge in [0.2, 0.25) is 0 Å². The number of nitrogens with zero attached hydrogens (tertiary/aromatic N) is 1. The molecule has 5 nitrogen and oxygen atoms in total. The molecule has 30 heavy (non-hydrogen) atoms. The largest absolute Gasteiger partial charge is 0.495 e. The number of hydrogen-bond acceptors (Lipinski definition) is 5. The minimum atomic E-state index is -0.0183. The van der Waals surface area contributed by atoms with Crippen molar-refractivity contribution in [1.82, 2.24) is 15.2 Å². The number of likely N-dealkylation sites (tertiary alicyclic amines) is 1. The van der Waals surface area contributed by atoms with Gasteiger partial charge in [-0.3, -0.25) is 4.79 Å². The van der Waals surface area contributed by atoms with E-state index in [0.717, 1.165) is 35.5 Å². The summed E-state index contributed by atoms with van der Waals surface area (Å²) in [7, 11) is 1.64. The van der Waals surface area contributed by atoms with E-state index < -0.39 is 0 Å². The standard InChI is InChI=1S/C24H39N3O2S/c1-29-21-13-12-20(23-22(21)26-24(28)30-23)14-16-25-15-8-5-3-2-4-6-9-17-27-18-10-7-11-19-27/h12-13,25H,2-11,14-19H2,1H3,(H,26,28). The van der Waals surface area contributed by atoms with Crippen LogP contribution in [0, 0.1) is 0 Å². The average molecular weight is 434 g/mol. The molecule has 0 atom stereocenters. The highest BCUT2D eigenvalue weighted by atomic mass is 32.1. The van der Waals surface area contributed by atoms with Crippen molar-refractivity contribution >= 4 is 21.6 Å². The molecule has 3 rings (SSSR count). The van der Waals surface area contributed by atoms with Gasteiger partial charge in [0.25, 0.3) is 0 Å². The zero-order valence-electron chi connectivity index (χ0n) is 18.6. The molecule has 0 aliphatic carbocycles. The Bertz CT molecular complexity index is 795. The molecule has 6 heteroatoms. The fraction of sp³-hybridized carbons (Fsp3) is 0.708. The topological polar surface area (TPSA) is 57.4 Å². The number of piperidine rings is 1. The van der Waals surface area contributed by atoms with Crippen LogP contribution in [0.1, 0.15) is 69.8 Å². The second kappa shape index (κ2) is 13.1. The number of benzene rings is 1. The number of H-pyrrole nitrogens is 1. The van der Waals surface area contributed by atoms with Crippen LogP contribution in [0.15, 0.2) is 16.9 Å². The van der Waals surface area contributed by atoms with Crippen LogP contribution in [0.25, 0.3) is 10.2 Å². The van der Waals surface area contributed by atoms with Gasteiger partial charge >= 0.3 is 4.87 Å². The minimum Gasteiger partial charge on any atom is -0.495 e. The molecule has 1 fully saturated rings. The maximum absolute atomic E-state index is 11.7. The molecule has 2 aromatic rings. The summed E-state index contributed by atoms with van der Waals surface area (Å²) in [5.74, 6) is 0.742. The first-order valence-corrected chi connectivity index (χ1v) is 12.7. The van der Waals surface area contributed by atoms with E-state index in [1.54, 1.807) is 7.11 Å². The van der Waals surface area contributed by atoms with Gasteiger partial charge in [0, 0.05) is 0 Å². The Morgan fingerprint density at radius 1 is 1.00 bits per heavy atom. The zero-order chi connectivity index (χ0) is 21.0. The van der Waals surface area contributed by atoms with Crippen LogP contribution in [0.2, 0.25) is 0 Å². The second-order valence-electron chi connectivity index (χ2n) is 8.52. The summed E-state index contributed by atoms with van der Waals surface area (Å²) in [5, 5.41) is 3.56. The van der Waals surface area contributed by atoms with Gasteiger partial charge in [-0.25, -0.2) is 0 Å². The van der Waals surface area contributed by atoms with Gasteiger partial charge in [0.05, 0.1) is 11.8 Å². The van der Waals surface area contributed by atoms with E-state index in [9.17, 15) is 4.79 Å². The van der Waals surface area contributed by atoms with Crippen molar-refractivity contribution in [3.63, 3.8) is 0 Å². The number of thiazole rings is 1. The molecule has 0 amide bonds. The van der Waals surface area contributed by atoms with E-state index in [2.05, 4.69) is 21.3 Å². The molecule has 1 saturated heterocycles. The predicted molar refractivity (Wildman–Crippen MR) is 128 cm³/mol. The first-order chi connectivity index (χ1) is 14.8. The molecule has 1 aromatic heterocycles. The second-order valence-corrected chi connectivity index (χ2v) is 9.51. The summed E-state index contributed by atoms with van der Waals surface area (Å²) in [6.45, 7) is 6.02. The highest BCUT2D eigenvalue weighted by Crippen LogP contribution is 2.28. The molecule has 1 aliphatic rings. The van der Waals surface area contributed by atoms with Crippen LogP contribution in [0.3, 0.4) is 0 Å². The first-order valence-electron chi connectivity index (χ1n) is 11.9. The molecule has 0 radical (unpaired) electrons. The minimum absolute atomic E-state index is 0.0183. The van der Waals surface area contributed by atoms with Gasteiger partial charge in [0.1, 0.15) is 11.3 Å². The van der Waals surface area contributed by atoms with Crippen LogP contribution in [-0.4, -0.2) is 49.7 Å². The summed E-state index contributed by atoms with van der Waals surface area (Å²) in [5.41, 5.74) is 2.05. The molecular formula is C24H39N3O2S. The van der Waals surface area contributed by atoms with Crippen LogP contribution in [0.5, 0.6) is 5.75 Å². The van der Waals surface area contributed by atoms with E-state index in [0.29, 0.717) is 0 Å². The Morgan fingerprint density at radius 2 is 1.73 bits per heavy atom. The highest BCUT2D eigenvalue weighted by molar-refractivity contribution is 7.16. The Kier molecular flexibility index (Phi) is 10.2. The molecular weight excluding hydrogens is 394 g/mol. The van der Waals surface area contributed by atoms with Crippen molar-refractivity contribution in [2.45, 2.75) is 70.6 Å². The van der Waals surface area contributed by atoms with Crippen molar-refractivity contribution in [3.8, 4) is 5.75 Å². The molecule has 0 unspecified atom stereocenters. The van der Waals surface area contributed by atoms with Crippen molar-refractivity contribution < 1.29 is 4.74 Å².